The fraction of sp³-hybridized carbons (Fsp3) is 0.750. The van der Waals surface area contributed by atoms with Crippen LogP contribution in [-0.2, 0) is 33.6 Å². The van der Waals surface area contributed by atoms with Gasteiger partial charge < -0.3 is 54.2 Å². The lowest BCUT2D eigenvalue weighted by atomic mass is 10.0. The van der Waals surface area contributed by atoms with Crippen LogP contribution in [0.3, 0.4) is 0 Å². The average molecular weight is 642 g/mol. The molecule has 0 aliphatic carbocycles. The molecule has 7 atom stereocenters. The molecule has 1 heterocycles. The summed E-state index contributed by atoms with van der Waals surface area (Å²) in [6.45, 7) is 6.99. The molecule has 1 rings (SSSR count). The van der Waals surface area contributed by atoms with Crippen molar-refractivity contribution >= 4 is 41.4 Å². The third kappa shape index (κ3) is 13.0. The Morgan fingerprint density at radius 2 is 1.44 bits per heavy atom. The highest BCUT2D eigenvalue weighted by atomic mass is 16.3. The average Bonchev–Trinajstić information content (AvgIpc) is 3.43. The van der Waals surface area contributed by atoms with E-state index in [1.165, 1.54) is 18.7 Å². The van der Waals surface area contributed by atoms with Crippen molar-refractivity contribution in [3.05, 3.63) is 0 Å². The van der Waals surface area contributed by atoms with E-state index in [2.05, 4.69) is 21.3 Å². The molecular formula is C28H51N9O8. The first kappa shape index (κ1) is 39.2. The van der Waals surface area contributed by atoms with Crippen LogP contribution in [0, 0.1) is 5.92 Å². The van der Waals surface area contributed by atoms with E-state index in [1.54, 1.807) is 0 Å². The normalized spacial score (nSPS) is 18.6. The summed E-state index contributed by atoms with van der Waals surface area (Å²) in [4.78, 5) is 90.3. The fourth-order valence-electron chi connectivity index (χ4n) is 4.89. The Labute approximate surface area is 263 Å². The Hall–Kier alpha value is -3.83. The molecule has 0 bridgehead atoms. The number of unbranched alkanes of at least 4 members (excludes halogenated alkanes) is 1. The van der Waals surface area contributed by atoms with Gasteiger partial charge in [-0.15, -0.1) is 0 Å². The van der Waals surface area contributed by atoms with Gasteiger partial charge >= 0.3 is 0 Å². The van der Waals surface area contributed by atoms with Gasteiger partial charge in [0.05, 0.1) is 18.6 Å². The summed E-state index contributed by atoms with van der Waals surface area (Å²) >= 11 is 0. The van der Waals surface area contributed by atoms with Gasteiger partial charge in [0.2, 0.25) is 41.4 Å². The van der Waals surface area contributed by atoms with Crippen molar-refractivity contribution in [1.29, 1.82) is 0 Å². The number of nitrogens with one attached hydrogen (secondary N) is 4. The zero-order chi connectivity index (χ0) is 34.4. The molecule has 0 saturated carbocycles. The van der Waals surface area contributed by atoms with E-state index >= 15 is 0 Å². The zero-order valence-corrected chi connectivity index (χ0v) is 26.5. The molecule has 1 saturated heterocycles. The van der Waals surface area contributed by atoms with Crippen LogP contribution in [0.15, 0.2) is 0 Å². The fourth-order valence-corrected chi connectivity index (χ4v) is 4.89. The van der Waals surface area contributed by atoms with Crippen LogP contribution in [-0.4, -0.2) is 107 Å². The summed E-state index contributed by atoms with van der Waals surface area (Å²) in [5, 5.41) is 19.8. The predicted octanol–water partition coefficient (Wildman–Crippen LogP) is -3.82. The number of nitrogens with two attached hydrogens (primary N) is 4. The van der Waals surface area contributed by atoms with Gasteiger partial charge in [-0.25, -0.2) is 0 Å². The summed E-state index contributed by atoms with van der Waals surface area (Å²) in [6, 6.07) is -6.94. The van der Waals surface area contributed by atoms with Crippen molar-refractivity contribution in [2.75, 3.05) is 13.1 Å². The van der Waals surface area contributed by atoms with E-state index in [0.29, 0.717) is 25.8 Å². The van der Waals surface area contributed by atoms with Crippen molar-refractivity contribution in [3.63, 3.8) is 0 Å². The SMILES string of the molecule is CC(C)C[C@H](NC(=O)[C@H](C)N)C(=O)N[C@@H](CCCCN)C(=O)N1CCC[C@H]1C(=O)N[C@@H](CC(N)=O)C(=O)N[C@H](C(N)=O)[C@@H](C)O. The van der Waals surface area contributed by atoms with E-state index in [-0.39, 0.29) is 31.7 Å². The van der Waals surface area contributed by atoms with Crippen molar-refractivity contribution in [1.82, 2.24) is 26.2 Å². The van der Waals surface area contributed by atoms with Gasteiger partial charge in [-0.2, -0.15) is 0 Å². The maximum atomic E-state index is 13.8. The number of primary amides is 2. The molecule has 0 aromatic carbocycles. The minimum Gasteiger partial charge on any atom is -0.391 e. The third-order valence-corrected chi connectivity index (χ3v) is 7.28. The summed E-state index contributed by atoms with van der Waals surface area (Å²) in [5.74, 6) is -5.34. The van der Waals surface area contributed by atoms with Gasteiger partial charge in [0, 0.05) is 6.54 Å². The van der Waals surface area contributed by atoms with Gasteiger partial charge in [-0.1, -0.05) is 13.8 Å². The van der Waals surface area contributed by atoms with Gasteiger partial charge in [-0.3, -0.25) is 33.6 Å². The van der Waals surface area contributed by atoms with Gasteiger partial charge in [0.15, 0.2) is 0 Å². The summed E-state index contributed by atoms with van der Waals surface area (Å²) in [7, 11) is 0. The number of hydrogen-bond donors (Lipinski definition) is 9. The third-order valence-electron chi connectivity index (χ3n) is 7.28. The first-order valence-corrected chi connectivity index (χ1v) is 15.2. The van der Waals surface area contributed by atoms with Crippen LogP contribution in [0.25, 0.3) is 0 Å². The summed E-state index contributed by atoms with van der Waals surface area (Å²) in [5.41, 5.74) is 21.8. The lowest BCUT2D eigenvalue weighted by Crippen LogP contribution is -2.60. The number of amides is 7. The highest BCUT2D eigenvalue weighted by Gasteiger charge is 2.40. The molecular weight excluding hydrogens is 590 g/mol. The lowest BCUT2D eigenvalue weighted by molar-refractivity contribution is -0.143. The smallest absolute Gasteiger partial charge is 0.245 e. The Kier molecular flexibility index (Phi) is 16.4. The number of aliphatic hydroxyl groups excluding tert-OH is 1. The number of carbonyl (C=O) groups is 7. The molecule has 1 fully saturated rings. The Morgan fingerprint density at radius 3 is 1.96 bits per heavy atom. The number of likely N-dealkylation sites (tertiary alicyclic amines) is 1. The van der Waals surface area contributed by atoms with Crippen LogP contribution in [0.2, 0.25) is 0 Å². The van der Waals surface area contributed by atoms with Crippen LogP contribution in [0.5, 0.6) is 0 Å². The van der Waals surface area contributed by atoms with E-state index in [0.717, 1.165) is 0 Å². The lowest BCUT2D eigenvalue weighted by Gasteiger charge is -2.31. The minimum absolute atomic E-state index is 0.0246. The monoisotopic (exact) mass is 641 g/mol. The largest absolute Gasteiger partial charge is 0.391 e. The molecule has 0 spiro atoms. The highest BCUT2D eigenvalue weighted by Crippen LogP contribution is 2.21. The Balaban J connectivity index is 3.19. The zero-order valence-electron chi connectivity index (χ0n) is 26.5. The van der Waals surface area contributed by atoms with Crippen molar-refractivity contribution in [2.24, 2.45) is 28.9 Å². The van der Waals surface area contributed by atoms with Crippen LogP contribution < -0.4 is 44.2 Å². The number of nitrogens with zero attached hydrogens (tertiary/aromatic N) is 1. The molecule has 1 aliphatic heterocycles. The van der Waals surface area contributed by atoms with Crippen molar-refractivity contribution in [3.8, 4) is 0 Å². The maximum Gasteiger partial charge on any atom is 0.245 e. The number of carbonyl (C=O) groups excluding carboxylic acids is 7. The minimum atomic E-state index is -1.53. The predicted molar refractivity (Wildman–Crippen MR) is 163 cm³/mol. The number of rotatable bonds is 19. The van der Waals surface area contributed by atoms with Crippen molar-refractivity contribution in [2.45, 2.75) is 115 Å². The number of aliphatic hydroxyl groups is 1. The van der Waals surface area contributed by atoms with E-state index in [9.17, 15) is 38.7 Å². The molecule has 0 aromatic heterocycles. The van der Waals surface area contributed by atoms with Crippen LogP contribution in [0.1, 0.15) is 72.6 Å². The standard InChI is InChI=1S/C28H51N9O8/c1-14(2)12-18(34-24(41)15(3)30)25(42)33-17(8-5-6-10-29)28(45)37-11-7-9-20(37)27(44)35-19(13-21(31)39)26(43)36-22(16(4)38)23(32)40/h14-20,22,38H,5-13,29-30H2,1-4H3,(H2,31,39)(H2,32,40)(H,33,42)(H,34,41)(H,35,44)(H,36,43)/t15-,16+,17-,18-,19-,20-,22-/m0/s1. The molecule has 17 heteroatoms. The highest BCUT2D eigenvalue weighted by molar-refractivity contribution is 5.98. The van der Waals surface area contributed by atoms with E-state index in [1.807, 2.05) is 13.8 Å². The second kappa shape index (κ2) is 18.9. The van der Waals surface area contributed by atoms with E-state index < -0.39 is 90.1 Å². The van der Waals surface area contributed by atoms with E-state index in [4.69, 9.17) is 22.9 Å². The molecule has 0 unspecified atom stereocenters. The summed E-state index contributed by atoms with van der Waals surface area (Å²) in [6.07, 6.45) is 0.230. The second-order valence-corrected chi connectivity index (χ2v) is 11.9. The molecule has 256 valence electrons. The van der Waals surface area contributed by atoms with Gasteiger partial charge in [-0.05, 0) is 64.8 Å². The quantitative estimate of drug-likeness (QED) is 0.0619. The Bertz CT molecular complexity index is 1070. The van der Waals surface area contributed by atoms with Crippen LogP contribution in [0.4, 0.5) is 0 Å². The Morgan fingerprint density at radius 1 is 0.844 bits per heavy atom. The maximum absolute atomic E-state index is 13.8. The molecule has 13 N–H and O–H groups in total. The second-order valence-electron chi connectivity index (χ2n) is 11.9. The topological polar surface area (TPSA) is 295 Å². The molecule has 0 aromatic rings. The molecule has 0 radical (unpaired) electrons. The molecule has 45 heavy (non-hydrogen) atoms. The molecule has 1 aliphatic rings. The van der Waals surface area contributed by atoms with Crippen molar-refractivity contribution < 1.29 is 38.7 Å². The molecule has 17 nitrogen and oxygen atoms in total. The molecule has 7 amide bonds. The summed E-state index contributed by atoms with van der Waals surface area (Å²) < 4.78 is 0. The number of hydrogen-bond acceptors (Lipinski definition) is 10. The van der Waals surface area contributed by atoms with Crippen LogP contribution >= 0.6 is 0 Å². The first-order chi connectivity index (χ1) is 21.0. The van der Waals surface area contributed by atoms with Gasteiger partial charge in [0.1, 0.15) is 30.2 Å². The first-order valence-electron chi connectivity index (χ1n) is 15.2. The van der Waals surface area contributed by atoms with Gasteiger partial charge in [0.25, 0.3) is 0 Å².